The van der Waals surface area contributed by atoms with Crippen molar-refractivity contribution in [1.29, 1.82) is 0 Å². The summed E-state index contributed by atoms with van der Waals surface area (Å²) in [4.78, 5) is 22.8. The second-order valence-corrected chi connectivity index (χ2v) is 5.56. The lowest BCUT2D eigenvalue weighted by atomic mass is 9.62. The number of fused-ring (bicyclic) bond motifs is 1. The monoisotopic (exact) mass is 238 g/mol. The van der Waals surface area contributed by atoms with E-state index in [0.29, 0.717) is 11.7 Å². The maximum absolute atomic E-state index is 11.8. The minimum absolute atomic E-state index is 0.117. The molecule has 2 saturated carbocycles. The van der Waals surface area contributed by atoms with Gasteiger partial charge in [0.1, 0.15) is 12.1 Å². The van der Waals surface area contributed by atoms with Crippen molar-refractivity contribution >= 4 is 12.1 Å². The molecule has 2 aliphatic rings. The van der Waals surface area contributed by atoms with E-state index in [2.05, 4.69) is 6.92 Å². The highest BCUT2D eigenvalue weighted by Gasteiger charge is 2.52. The molecule has 0 saturated heterocycles. The molecule has 0 amide bonds. The van der Waals surface area contributed by atoms with Crippen LogP contribution in [-0.4, -0.2) is 12.1 Å². The highest BCUT2D eigenvalue weighted by molar-refractivity contribution is 5.83. The number of carbonyl (C=O) groups is 2. The third-order valence-corrected chi connectivity index (χ3v) is 4.79. The predicted octanol–water partition coefficient (Wildman–Crippen LogP) is 3.63. The molecule has 0 bridgehead atoms. The minimum atomic E-state index is 0.117. The van der Waals surface area contributed by atoms with Crippen molar-refractivity contribution in [3.05, 3.63) is 0 Å². The number of hydrogen-bond donors (Lipinski definition) is 0. The van der Waals surface area contributed by atoms with Gasteiger partial charge in [0.15, 0.2) is 0 Å². The van der Waals surface area contributed by atoms with E-state index >= 15 is 0 Å². The lowest BCUT2D eigenvalue weighted by molar-refractivity contribution is -0.131. The van der Waals surface area contributed by atoms with Crippen LogP contribution < -0.4 is 0 Å². The first-order chi connectivity index (χ1) is 8.09. The largest absolute Gasteiger partial charge is 0.303 e. The summed E-state index contributed by atoms with van der Waals surface area (Å²) < 4.78 is 0. The number of aldehydes is 1. The van der Waals surface area contributed by atoms with E-state index in [-0.39, 0.29) is 17.3 Å². The van der Waals surface area contributed by atoms with Crippen molar-refractivity contribution in [2.75, 3.05) is 0 Å². The molecule has 98 valence electrons. The molecule has 0 heterocycles. The standard InChI is InChI=1S/C13H20O2.C2H6/c1-9(8-14)10-5-6-11-12(15)4-3-7-13(10,11)2;1-2/h8-11H,3-7H2,1-2H3;1-2H3/t9-,10?,11?,13-;/m1./s1. The molecule has 0 aromatic rings. The third kappa shape index (κ3) is 2.46. The Balaban J connectivity index is 0.000000686. The average molecular weight is 238 g/mol. The molecule has 2 heteroatoms. The molecular formula is C15H26O2. The SMILES string of the molecule is CC.C[C@H](C=O)C1CCC2C(=O)CCC[C@@]21C. The molecule has 0 radical (unpaired) electrons. The molecule has 0 spiro atoms. The molecular weight excluding hydrogens is 212 g/mol. The van der Waals surface area contributed by atoms with Gasteiger partial charge in [0.2, 0.25) is 0 Å². The molecule has 4 atom stereocenters. The van der Waals surface area contributed by atoms with Gasteiger partial charge in [-0.1, -0.05) is 27.7 Å². The van der Waals surface area contributed by atoms with Gasteiger partial charge in [-0.25, -0.2) is 0 Å². The molecule has 0 N–H and O–H groups in total. The van der Waals surface area contributed by atoms with E-state index in [4.69, 9.17) is 0 Å². The summed E-state index contributed by atoms with van der Waals surface area (Å²) in [5.74, 6) is 1.25. The van der Waals surface area contributed by atoms with Gasteiger partial charge in [-0.3, -0.25) is 4.79 Å². The van der Waals surface area contributed by atoms with Crippen molar-refractivity contribution < 1.29 is 9.59 Å². The lowest BCUT2D eigenvalue weighted by Crippen LogP contribution is -2.39. The van der Waals surface area contributed by atoms with Crippen LogP contribution in [0.15, 0.2) is 0 Å². The molecule has 0 aromatic heterocycles. The fourth-order valence-electron chi connectivity index (χ4n) is 3.93. The van der Waals surface area contributed by atoms with E-state index in [9.17, 15) is 9.59 Å². The zero-order valence-electron chi connectivity index (χ0n) is 11.7. The van der Waals surface area contributed by atoms with Gasteiger partial charge in [0.25, 0.3) is 0 Å². The van der Waals surface area contributed by atoms with Crippen LogP contribution in [0.5, 0.6) is 0 Å². The summed E-state index contributed by atoms with van der Waals surface area (Å²) >= 11 is 0. The summed E-state index contributed by atoms with van der Waals surface area (Å²) in [5.41, 5.74) is 0.121. The zero-order chi connectivity index (χ0) is 13.1. The van der Waals surface area contributed by atoms with Gasteiger partial charge in [-0.2, -0.15) is 0 Å². The fourth-order valence-corrected chi connectivity index (χ4v) is 3.93. The van der Waals surface area contributed by atoms with E-state index in [1.165, 1.54) is 0 Å². The normalized spacial score (nSPS) is 37.8. The first kappa shape index (κ1) is 14.4. The first-order valence-corrected chi connectivity index (χ1v) is 7.07. The predicted molar refractivity (Wildman–Crippen MR) is 69.8 cm³/mol. The fraction of sp³-hybridized carbons (Fsp3) is 0.867. The van der Waals surface area contributed by atoms with Crippen LogP contribution in [0.2, 0.25) is 0 Å². The summed E-state index contributed by atoms with van der Waals surface area (Å²) in [6.07, 6.45) is 6.06. The van der Waals surface area contributed by atoms with Crippen molar-refractivity contribution in [3.63, 3.8) is 0 Å². The number of Topliss-reactive ketones (excluding diaryl/α,β-unsaturated/α-hetero) is 1. The van der Waals surface area contributed by atoms with E-state index in [1.807, 2.05) is 20.8 Å². The Kier molecular flexibility index (Phi) is 4.91. The van der Waals surface area contributed by atoms with Gasteiger partial charge >= 0.3 is 0 Å². The summed E-state index contributed by atoms with van der Waals surface area (Å²) in [5, 5.41) is 0. The molecule has 17 heavy (non-hydrogen) atoms. The number of rotatable bonds is 2. The minimum Gasteiger partial charge on any atom is -0.303 e. The van der Waals surface area contributed by atoms with Gasteiger partial charge in [0, 0.05) is 18.3 Å². The Morgan fingerprint density at radius 2 is 2.00 bits per heavy atom. The zero-order valence-corrected chi connectivity index (χ0v) is 11.7. The average Bonchev–Trinajstić information content (AvgIpc) is 2.69. The van der Waals surface area contributed by atoms with E-state index in [1.54, 1.807) is 0 Å². The molecule has 0 aromatic carbocycles. The Morgan fingerprint density at radius 3 is 2.59 bits per heavy atom. The van der Waals surface area contributed by atoms with Crippen LogP contribution in [-0.2, 0) is 9.59 Å². The van der Waals surface area contributed by atoms with Crippen molar-refractivity contribution in [3.8, 4) is 0 Å². The Bertz CT molecular complexity index is 285. The molecule has 2 rings (SSSR count). The summed E-state index contributed by atoms with van der Waals surface area (Å²) in [6.45, 7) is 8.23. The van der Waals surface area contributed by atoms with Crippen LogP contribution >= 0.6 is 0 Å². The smallest absolute Gasteiger partial charge is 0.136 e. The third-order valence-electron chi connectivity index (χ3n) is 4.79. The highest BCUT2D eigenvalue weighted by Crippen LogP contribution is 2.56. The first-order valence-electron chi connectivity index (χ1n) is 7.07. The van der Waals surface area contributed by atoms with Crippen molar-refractivity contribution in [2.45, 2.75) is 59.8 Å². The van der Waals surface area contributed by atoms with Gasteiger partial charge < -0.3 is 4.79 Å². The van der Waals surface area contributed by atoms with Gasteiger partial charge in [-0.05, 0) is 37.0 Å². The van der Waals surface area contributed by atoms with Crippen LogP contribution in [0.1, 0.15) is 59.8 Å². The van der Waals surface area contributed by atoms with Crippen LogP contribution in [0.25, 0.3) is 0 Å². The Hall–Kier alpha value is -0.660. The van der Waals surface area contributed by atoms with Crippen LogP contribution in [0, 0.1) is 23.2 Å². The van der Waals surface area contributed by atoms with Crippen molar-refractivity contribution in [1.82, 2.24) is 0 Å². The molecule has 0 aliphatic heterocycles. The molecule has 2 fully saturated rings. The molecule has 2 nitrogen and oxygen atoms in total. The van der Waals surface area contributed by atoms with Gasteiger partial charge in [-0.15, -0.1) is 0 Å². The Morgan fingerprint density at radius 1 is 1.35 bits per heavy atom. The number of ketones is 1. The van der Waals surface area contributed by atoms with Crippen LogP contribution in [0.3, 0.4) is 0 Å². The second kappa shape index (κ2) is 5.79. The maximum atomic E-state index is 11.8. The lowest BCUT2D eigenvalue weighted by Gasteiger charge is -2.41. The van der Waals surface area contributed by atoms with Crippen LogP contribution in [0.4, 0.5) is 0 Å². The molecule has 2 aliphatic carbocycles. The topological polar surface area (TPSA) is 34.1 Å². The molecule has 2 unspecified atom stereocenters. The number of hydrogen-bond acceptors (Lipinski definition) is 2. The second-order valence-electron chi connectivity index (χ2n) is 5.56. The summed E-state index contributed by atoms with van der Waals surface area (Å²) in [6, 6.07) is 0. The van der Waals surface area contributed by atoms with Crippen molar-refractivity contribution in [2.24, 2.45) is 23.2 Å². The Labute approximate surface area is 105 Å². The van der Waals surface area contributed by atoms with E-state index in [0.717, 1.165) is 38.4 Å². The van der Waals surface area contributed by atoms with Gasteiger partial charge in [0.05, 0.1) is 0 Å². The maximum Gasteiger partial charge on any atom is 0.136 e. The number of carbonyl (C=O) groups excluding carboxylic acids is 2. The summed E-state index contributed by atoms with van der Waals surface area (Å²) in [7, 11) is 0. The highest BCUT2D eigenvalue weighted by atomic mass is 16.1. The quantitative estimate of drug-likeness (QED) is 0.688. The van der Waals surface area contributed by atoms with E-state index < -0.39 is 0 Å².